The van der Waals surface area contributed by atoms with Gasteiger partial charge in [-0.2, -0.15) is 0 Å². The van der Waals surface area contributed by atoms with Crippen LogP contribution in [0.5, 0.6) is 0 Å². The second-order valence-electron chi connectivity index (χ2n) is 5.00. The molecule has 4 nitrogen and oxygen atoms in total. The molecule has 0 amide bonds. The number of benzene rings is 1. The maximum absolute atomic E-state index is 5.55. The summed E-state index contributed by atoms with van der Waals surface area (Å²) in [4.78, 5) is 6.47. The number of anilines is 2. The molecule has 0 bridgehead atoms. The predicted molar refractivity (Wildman–Crippen MR) is 78.8 cm³/mol. The molecule has 0 spiro atoms. The molecule has 19 heavy (non-hydrogen) atoms. The lowest BCUT2D eigenvalue weighted by Crippen LogP contribution is -2.11. The minimum Gasteiger partial charge on any atom is -0.444 e. The summed E-state index contributed by atoms with van der Waals surface area (Å²) >= 11 is 0. The van der Waals surface area contributed by atoms with Crippen molar-refractivity contribution in [2.45, 2.75) is 27.3 Å². The minimum atomic E-state index is 0.602. The Balaban J connectivity index is 2.09. The van der Waals surface area contributed by atoms with Crippen molar-refractivity contribution in [1.82, 2.24) is 4.98 Å². The van der Waals surface area contributed by atoms with Crippen LogP contribution in [0.4, 0.5) is 11.4 Å². The van der Waals surface area contributed by atoms with Gasteiger partial charge in [0.15, 0.2) is 0 Å². The molecule has 1 aromatic carbocycles. The summed E-state index contributed by atoms with van der Waals surface area (Å²) < 4.78 is 5.55. The van der Waals surface area contributed by atoms with Crippen molar-refractivity contribution in [3.63, 3.8) is 0 Å². The number of aromatic nitrogens is 1. The van der Waals surface area contributed by atoms with E-state index in [2.05, 4.69) is 40.3 Å². The number of hydrogen-bond donors (Lipinski definition) is 1. The van der Waals surface area contributed by atoms with Crippen molar-refractivity contribution in [2.75, 3.05) is 24.3 Å². The van der Waals surface area contributed by atoms with Crippen LogP contribution in [-0.2, 0) is 6.54 Å². The summed E-state index contributed by atoms with van der Waals surface area (Å²) in [6.07, 6.45) is 0. The molecule has 0 atom stereocenters. The van der Waals surface area contributed by atoms with Crippen molar-refractivity contribution in [3.8, 4) is 0 Å². The van der Waals surface area contributed by atoms with E-state index in [1.165, 1.54) is 11.3 Å². The van der Waals surface area contributed by atoms with Crippen LogP contribution >= 0.6 is 0 Å². The van der Waals surface area contributed by atoms with E-state index < -0.39 is 0 Å². The topological polar surface area (TPSA) is 41.3 Å². The standard InChI is InChI=1S/C15H21N3O/c1-10-6-7-13(8-14(10)18(4)5)16-9-15-17-11(2)12(3)19-15/h6-8,16H,9H2,1-5H3. The molecule has 0 aliphatic rings. The molecule has 102 valence electrons. The molecule has 0 fully saturated rings. The monoisotopic (exact) mass is 259 g/mol. The lowest BCUT2D eigenvalue weighted by atomic mass is 10.1. The summed E-state index contributed by atoms with van der Waals surface area (Å²) in [7, 11) is 4.10. The van der Waals surface area contributed by atoms with E-state index in [1.54, 1.807) is 0 Å². The van der Waals surface area contributed by atoms with Crippen molar-refractivity contribution >= 4 is 11.4 Å². The van der Waals surface area contributed by atoms with Gasteiger partial charge in [-0.1, -0.05) is 6.07 Å². The number of hydrogen-bond acceptors (Lipinski definition) is 4. The Morgan fingerprint density at radius 3 is 2.53 bits per heavy atom. The highest BCUT2D eigenvalue weighted by Gasteiger charge is 2.06. The van der Waals surface area contributed by atoms with Crippen LogP contribution in [0.25, 0.3) is 0 Å². The highest BCUT2D eigenvalue weighted by Crippen LogP contribution is 2.23. The summed E-state index contributed by atoms with van der Waals surface area (Å²) in [5, 5.41) is 3.34. The molecule has 2 aromatic rings. The summed E-state index contributed by atoms with van der Waals surface area (Å²) in [6.45, 7) is 6.60. The molecular weight excluding hydrogens is 238 g/mol. The fraction of sp³-hybridized carbons (Fsp3) is 0.400. The zero-order valence-corrected chi connectivity index (χ0v) is 12.2. The number of nitrogens with one attached hydrogen (secondary N) is 1. The van der Waals surface area contributed by atoms with Crippen molar-refractivity contribution in [3.05, 3.63) is 41.1 Å². The minimum absolute atomic E-state index is 0.602. The Morgan fingerprint density at radius 2 is 1.95 bits per heavy atom. The van der Waals surface area contributed by atoms with Crippen LogP contribution in [0, 0.1) is 20.8 Å². The highest BCUT2D eigenvalue weighted by atomic mass is 16.4. The van der Waals surface area contributed by atoms with Gasteiger partial charge < -0.3 is 14.6 Å². The first-order chi connectivity index (χ1) is 8.97. The second kappa shape index (κ2) is 5.34. The average Bonchev–Trinajstić information content (AvgIpc) is 2.67. The molecule has 1 aromatic heterocycles. The summed E-state index contributed by atoms with van der Waals surface area (Å²) in [5.41, 5.74) is 4.50. The van der Waals surface area contributed by atoms with Gasteiger partial charge >= 0.3 is 0 Å². The molecule has 0 saturated heterocycles. The lowest BCUT2D eigenvalue weighted by molar-refractivity contribution is 0.478. The van der Waals surface area contributed by atoms with Crippen LogP contribution < -0.4 is 10.2 Å². The number of rotatable bonds is 4. The predicted octanol–water partition coefficient (Wildman–Crippen LogP) is 3.28. The molecule has 4 heteroatoms. The molecular formula is C15H21N3O. The van der Waals surface area contributed by atoms with Crippen molar-refractivity contribution in [2.24, 2.45) is 0 Å². The van der Waals surface area contributed by atoms with Gasteiger partial charge in [-0.3, -0.25) is 0 Å². The zero-order valence-electron chi connectivity index (χ0n) is 12.2. The van der Waals surface area contributed by atoms with Gasteiger partial charge in [-0.15, -0.1) is 0 Å². The third kappa shape index (κ3) is 3.08. The van der Waals surface area contributed by atoms with Crippen molar-refractivity contribution in [1.29, 1.82) is 0 Å². The Bertz CT molecular complexity index is 553. The molecule has 0 aliphatic carbocycles. The largest absolute Gasteiger partial charge is 0.444 e. The molecule has 0 aliphatic heterocycles. The van der Waals surface area contributed by atoms with Crippen LogP contribution in [0.3, 0.4) is 0 Å². The van der Waals surface area contributed by atoms with Gasteiger partial charge in [-0.25, -0.2) is 4.98 Å². The van der Waals surface area contributed by atoms with E-state index in [4.69, 9.17) is 4.42 Å². The molecule has 1 N–H and O–H groups in total. The van der Waals surface area contributed by atoms with Gasteiger partial charge in [0.1, 0.15) is 5.76 Å². The fourth-order valence-corrected chi connectivity index (χ4v) is 1.99. The van der Waals surface area contributed by atoms with E-state index in [0.29, 0.717) is 6.54 Å². The SMILES string of the molecule is Cc1ccc(NCc2nc(C)c(C)o2)cc1N(C)C. The van der Waals surface area contributed by atoms with Crippen LogP contribution in [0.15, 0.2) is 22.6 Å². The molecule has 0 unspecified atom stereocenters. The van der Waals surface area contributed by atoms with E-state index in [0.717, 1.165) is 23.0 Å². The van der Waals surface area contributed by atoms with Crippen LogP contribution in [0.1, 0.15) is 22.9 Å². The third-order valence-electron chi connectivity index (χ3n) is 3.21. The maximum Gasteiger partial charge on any atom is 0.213 e. The second-order valence-corrected chi connectivity index (χ2v) is 5.00. The number of nitrogens with zero attached hydrogens (tertiary/aromatic N) is 2. The van der Waals surface area contributed by atoms with Gasteiger partial charge in [0.25, 0.3) is 0 Å². The quantitative estimate of drug-likeness (QED) is 0.915. The number of oxazole rings is 1. The Kier molecular flexibility index (Phi) is 3.79. The average molecular weight is 259 g/mol. The molecule has 0 radical (unpaired) electrons. The van der Waals surface area contributed by atoms with E-state index >= 15 is 0 Å². The highest BCUT2D eigenvalue weighted by molar-refractivity contribution is 5.61. The Morgan fingerprint density at radius 1 is 1.21 bits per heavy atom. The third-order valence-corrected chi connectivity index (χ3v) is 3.21. The first-order valence-corrected chi connectivity index (χ1v) is 6.42. The van der Waals surface area contributed by atoms with Crippen molar-refractivity contribution < 1.29 is 4.42 Å². The summed E-state index contributed by atoms with van der Waals surface area (Å²) in [6, 6.07) is 6.33. The Labute approximate surface area is 114 Å². The lowest BCUT2D eigenvalue weighted by Gasteiger charge is -2.17. The Hall–Kier alpha value is -1.97. The smallest absolute Gasteiger partial charge is 0.213 e. The summed E-state index contributed by atoms with van der Waals surface area (Å²) in [5.74, 6) is 1.61. The van der Waals surface area contributed by atoms with Gasteiger partial charge in [0.05, 0.1) is 12.2 Å². The zero-order chi connectivity index (χ0) is 14.0. The van der Waals surface area contributed by atoms with Crippen LogP contribution in [-0.4, -0.2) is 19.1 Å². The van der Waals surface area contributed by atoms with Crippen LogP contribution in [0.2, 0.25) is 0 Å². The number of aryl methyl sites for hydroxylation is 3. The normalized spacial score (nSPS) is 10.6. The van der Waals surface area contributed by atoms with Gasteiger partial charge in [0, 0.05) is 25.5 Å². The van der Waals surface area contributed by atoms with E-state index in [-0.39, 0.29) is 0 Å². The van der Waals surface area contributed by atoms with Gasteiger partial charge in [-0.05, 0) is 38.5 Å². The van der Waals surface area contributed by atoms with Gasteiger partial charge in [0.2, 0.25) is 5.89 Å². The molecule has 1 heterocycles. The first kappa shape index (κ1) is 13.5. The molecule has 2 rings (SSSR count). The molecule has 0 saturated carbocycles. The first-order valence-electron chi connectivity index (χ1n) is 6.42. The van der Waals surface area contributed by atoms with E-state index in [9.17, 15) is 0 Å². The fourth-order valence-electron chi connectivity index (χ4n) is 1.99. The maximum atomic E-state index is 5.55. The van der Waals surface area contributed by atoms with E-state index in [1.807, 2.05) is 27.9 Å².